The monoisotopic (exact) mass is 542 g/mol. The van der Waals surface area contributed by atoms with Gasteiger partial charge in [0, 0.05) is 5.92 Å². The van der Waals surface area contributed by atoms with Gasteiger partial charge in [-0.05, 0) is 150 Å². The van der Waals surface area contributed by atoms with Gasteiger partial charge < -0.3 is 9.47 Å². The van der Waals surface area contributed by atoms with Gasteiger partial charge in [0.25, 0.3) is 0 Å². The number of hydrogen-bond acceptors (Lipinski definition) is 2. The zero-order chi connectivity index (χ0) is 27.2. The number of benzene rings is 1. The number of ether oxygens (including phenoxy) is 2. The molecule has 0 spiro atoms. The van der Waals surface area contributed by atoms with E-state index in [-0.39, 0.29) is 17.8 Å². The minimum atomic E-state index is -0.854. The van der Waals surface area contributed by atoms with E-state index in [1.165, 1.54) is 77.0 Å². The molecule has 1 saturated heterocycles. The average Bonchev–Trinajstić information content (AvgIpc) is 2.99. The minimum absolute atomic E-state index is 0.0187. The van der Waals surface area contributed by atoms with Gasteiger partial charge in [0.2, 0.25) is 5.82 Å². The highest BCUT2D eigenvalue weighted by Crippen LogP contribution is 2.47. The summed E-state index contributed by atoms with van der Waals surface area (Å²) in [6.07, 6.45) is 24.4. The first-order valence-corrected chi connectivity index (χ1v) is 16.4. The Morgan fingerprint density at radius 1 is 0.744 bits per heavy atom. The van der Waals surface area contributed by atoms with Crippen LogP contribution in [0.4, 0.5) is 8.78 Å². The molecule has 5 rings (SSSR count). The van der Waals surface area contributed by atoms with Gasteiger partial charge in [-0.25, -0.2) is 4.39 Å². The fourth-order valence-electron chi connectivity index (χ4n) is 8.73. The van der Waals surface area contributed by atoms with Crippen LogP contribution < -0.4 is 4.74 Å². The maximum atomic E-state index is 14.8. The quantitative estimate of drug-likeness (QED) is 0.304. The second-order valence-electron chi connectivity index (χ2n) is 13.3. The average molecular weight is 543 g/mol. The SMILES string of the molecule is CC=CC1CCC(C2CCC(C3CCC(C4CCC(c5ccc(OCCC)c(F)c5F)CO4)CC3)CC2)CC1. The molecule has 39 heavy (non-hydrogen) atoms. The number of hydrogen-bond donors (Lipinski definition) is 0. The lowest BCUT2D eigenvalue weighted by molar-refractivity contribution is -0.0471. The van der Waals surface area contributed by atoms with E-state index in [9.17, 15) is 8.78 Å². The number of allylic oxidation sites excluding steroid dienone is 2. The molecule has 2 unspecified atom stereocenters. The molecule has 0 N–H and O–H groups in total. The zero-order valence-corrected chi connectivity index (χ0v) is 24.5. The third-order valence-electron chi connectivity index (χ3n) is 11.1. The van der Waals surface area contributed by atoms with Gasteiger partial charge in [0.05, 0.1) is 19.3 Å². The van der Waals surface area contributed by atoms with Crippen LogP contribution in [0.25, 0.3) is 0 Å². The van der Waals surface area contributed by atoms with Crippen LogP contribution in [-0.2, 0) is 4.74 Å². The van der Waals surface area contributed by atoms with E-state index in [0.717, 1.165) is 48.9 Å². The standard InChI is InChI=1S/C35H52F2O2/c1-3-5-24-6-8-25(9-7-24)26-10-12-27(13-11-26)28-14-16-29(17-15-28)32-20-18-30(23-39-32)31-19-21-33(38-22-4-2)35(37)34(31)36/h3,5,19,21,24-30,32H,4,6-18,20,22-23H2,1-2H3. The highest BCUT2D eigenvalue weighted by Gasteiger charge is 2.37. The van der Waals surface area contributed by atoms with Crippen molar-refractivity contribution in [3.8, 4) is 5.75 Å². The molecule has 4 aliphatic rings. The van der Waals surface area contributed by atoms with Crippen molar-refractivity contribution in [2.24, 2.45) is 35.5 Å². The first-order valence-electron chi connectivity index (χ1n) is 16.4. The van der Waals surface area contributed by atoms with Crippen molar-refractivity contribution in [1.82, 2.24) is 0 Å². The van der Waals surface area contributed by atoms with E-state index in [1.54, 1.807) is 12.1 Å². The molecule has 0 radical (unpaired) electrons. The summed E-state index contributed by atoms with van der Waals surface area (Å²) in [7, 11) is 0. The topological polar surface area (TPSA) is 18.5 Å². The van der Waals surface area contributed by atoms with Crippen molar-refractivity contribution in [3.05, 3.63) is 41.5 Å². The summed E-state index contributed by atoms with van der Waals surface area (Å²) in [6.45, 7) is 5.01. The molecular weight excluding hydrogens is 490 g/mol. The van der Waals surface area contributed by atoms with Gasteiger partial charge in [0.15, 0.2) is 11.6 Å². The van der Waals surface area contributed by atoms with Gasteiger partial charge in [-0.2, -0.15) is 4.39 Å². The molecule has 1 heterocycles. The molecule has 1 aromatic carbocycles. The van der Waals surface area contributed by atoms with E-state index < -0.39 is 11.6 Å². The van der Waals surface area contributed by atoms with Crippen LogP contribution in [0.1, 0.15) is 122 Å². The Hall–Kier alpha value is -1.42. The Balaban J connectivity index is 1.03. The fourth-order valence-corrected chi connectivity index (χ4v) is 8.73. The van der Waals surface area contributed by atoms with Crippen LogP contribution in [0.5, 0.6) is 5.75 Å². The number of rotatable bonds is 8. The van der Waals surface area contributed by atoms with Crippen LogP contribution in [0, 0.1) is 47.1 Å². The molecular formula is C35H52F2O2. The summed E-state index contributed by atoms with van der Waals surface area (Å²) in [6, 6.07) is 3.28. The Morgan fingerprint density at radius 2 is 1.31 bits per heavy atom. The molecule has 1 aliphatic heterocycles. The van der Waals surface area contributed by atoms with Crippen LogP contribution in [0.15, 0.2) is 24.3 Å². The zero-order valence-electron chi connectivity index (χ0n) is 24.5. The van der Waals surface area contributed by atoms with Crippen LogP contribution in [0.2, 0.25) is 0 Å². The molecule has 2 atom stereocenters. The predicted molar refractivity (Wildman–Crippen MR) is 155 cm³/mol. The second-order valence-corrected chi connectivity index (χ2v) is 13.3. The molecule has 0 amide bonds. The molecule has 0 bridgehead atoms. The molecule has 3 saturated carbocycles. The largest absolute Gasteiger partial charge is 0.490 e. The van der Waals surface area contributed by atoms with Gasteiger partial charge in [-0.3, -0.25) is 0 Å². The summed E-state index contributed by atoms with van der Waals surface area (Å²) in [5.41, 5.74) is 0.444. The highest BCUT2D eigenvalue weighted by molar-refractivity contribution is 5.33. The van der Waals surface area contributed by atoms with E-state index in [4.69, 9.17) is 9.47 Å². The van der Waals surface area contributed by atoms with Gasteiger partial charge in [-0.1, -0.05) is 25.1 Å². The third kappa shape index (κ3) is 7.08. The van der Waals surface area contributed by atoms with Crippen molar-refractivity contribution >= 4 is 0 Å². The normalized spacial score (nSPS) is 36.2. The van der Waals surface area contributed by atoms with Crippen molar-refractivity contribution in [1.29, 1.82) is 0 Å². The summed E-state index contributed by atoms with van der Waals surface area (Å²) in [5, 5.41) is 0. The van der Waals surface area contributed by atoms with Crippen molar-refractivity contribution in [2.75, 3.05) is 13.2 Å². The lowest BCUT2D eigenvalue weighted by Crippen LogP contribution is -2.35. The Bertz CT molecular complexity index is 913. The van der Waals surface area contributed by atoms with Gasteiger partial charge in [-0.15, -0.1) is 0 Å². The summed E-state index contributed by atoms with van der Waals surface area (Å²) >= 11 is 0. The summed E-state index contributed by atoms with van der Waals surface area (Å²) in [4.78, 5) is 0. The smallest absolute Gasteiger partial charge is 0.200 e. The van der Waals surface area contributed by atoms with Crippen LogP contribution in [0.3, 0.4) is 0 Å². The Morgan fingerprint density at radius 3 is 1.82 bits per heavy atom. The minimum Gasteiger partial charge on any atom is -0.490 e. The molecule has 1 aromatic rings. The highest BCUT2D eigenvalue weighted by atomic mass is 19.2. The van der Waals surface area contributed by atoms with Crippen molar-refractivity contribution < 1.29 is 18.3 Å². The molecule has 218 valence electrons. The molecule has 4 fully saturated rings. The molecule has 4 heteroatoms. The lowest BCUT2D eigenvalue weighted by Gasteiger charge is -2.43. The van der Waals surface area contributed by atoms with E-state index in [1.807, 2.05) is 6.92 Å². The first-order chi connectivity index (χ1) is 19.1. The fraction of sp³-hybridized carbons (Fsp3) is 0.771. The second kappa shape index (κ2) is 14.0. The molecule has 3 aliphatic carbocycles. The Kier molecular flexibility index (Phi) is 10.4. The lowest BCUT2D eigenvalue weighted by atomic mass is 9.64. The van der Waals surface area contributed by atoms with Gasteiger partial charge >= 0.3 is 0 Å². The van der Waals surface area contributed by atoms with Crippen LogP contribution in [-0.4, -0.2) is 19.3 Å². The molecule has 0 aromatic heterocycles. The van der Waals surface area contributed by atoms with Crippen molar-refractivity contribution in [2.45, 2.75) is 122 Å². The van der Waals surface area contributed by atoms with Crippen LogP contribution >= 0.6 is 0 Å². The number of halogens is 2. The molecule has 2 nitrogen and oxygen atoms in total. The first kappa shape index (κ1) is 29.1. The van der Waals surface area contributed by atoms with E-state index in [2.05, 4.69) is 19.1 Å². The summed E-state index contributed by atoms with van der Waals surface area (Å²) < 4.78 is 41.0. The maximum Gasteiger partial charge on any atom is 0.200 e. The maximum absolute atomic E-state index is 14.8. The van der Waals surface area contributed by atoms with E-state index >= 15 is 0 Å². The van der Waals surface area contributed by atoms with Crippen molar-refractivity contribution in [3.63, 3.8) is 0 Å². The predicted octanol–water partition coefficient (Wildman–Crippen LogP) is 10.0. The summed E-state index contributed by atoms with van der Waals surface area (Å²) in [5.74, 6) is 3.66. The third-order valence-corrected chi connectivity index (χ3v) is 11.1. The van der Waals surface area contributed by atoms with E-state index in [0.29, 0.717) is 24.7 Å². The Labute approximate surface area is 236 Å². The van der Waals surface area contributed by atoms with Gasteiger partial charge in [0.1, 0.15) is 0 Å².